The Bertz CT molecular complexity index is 1060. The summed E-state index contributed by atoms with van der Waals surface area (Å²) in [6.45, 7) is 0.0950. The second-order valence-electron chi connectivity index (χ2n) is 5.79. The van der Waals surface area contributed by atoms with E-state index in [0.717, 1.165) is 5.56 Å². The molecular formula is C19H15ClFN5O2. The monoisotopic (exact) mass is 399 g/mol. The molecule has 142 valence electrons. The van der Waals surface area contributed by atoms with Crippen molar-refractivity contribution < 1.29 is 13.9 Å². The highest BCUT2D eigenvalue weighted by Gasteiger charge is 2.15. The van der Waals surface area contributed by atoms with Crippen LogP contribution < -0.4 is 10.1 Å². The van der Waals surface area contributed by atoms with Crippen molar-refractivity contribution >= 4 is 17.5 Å². The molecule has 3 rings (SSSR count). The molecule has 3 aromatic rings. The quantitative estimate of drug-likeness (QED) is 0.688. The molecular weight excluding hydrogens is 385 g/mol. The van der Waals surface area contributed by atoms with Crippen LogP contribution in [-0.4, -0.2) is 27.8 Å². The van der Waals surface area contributed by atoms with Gasteiger partial charge in [-0.1, -0.05) is 23.7 Å². The first-order valence-corrected chi connectivity index (χ1v) is 8.58. The number of carbonyl (C=O) groups excluding carboxylic acids is 1. The van der Waals surface area contributed by atoms with E-state index in [1.807, 2.05) is 24.3 Å². The number of nitrogens with zero attached hydrogens (tertiary/aromatic N) is 4. The number of hydrogen-bond acceptors (Lipinski definition) is 5. The average molecular weight is 400 g/mol. The number of nitriles is 1. The van der Waals surface area contributed by atoms with Crippen LogP contribution in [0.2, 0.25) is 5.02 Å². The zero-order valence-electron chi connectivity index (χ0n) is 14.8. The van der Waals surface area contributed by atoms with Crippen LogP contribution in [0.4, 0.5) is 4.39 Å². The fourth-order valence-electron chi connectivity index (χ4n) is 2.47. The number of rotatable bonds is 6. The Kier molecular flexibility index (Phi) is 5.87. The van der Waals surface area contributed by atoms with Gasteiger partial charge in [0.1, 0.15) is 24.2 Å². The molecule has 28 heavy (non-hydrogen) atoms. The zero-order valence-corrected chi connectivity index (χ0v) is 15.6. The van der Waals surface area contributed by atoms with Gasteiger partial charge < -0.3 is 10.1 Å². The minimum absolute atomic E-state index is 0.0272. The Labute approximate surface area is 165 Å². The lowest BCUT2D eigenvalue weighted by Crippen LogP contribution is -2.28. The highest BCUT2D eigenvalue weighted by atomic mass is 35.5. The summed E-state index contributed by atoms with van der Waals surface area (Å²) in [5, 5.41) is 16.1. The molecule has 0 aliphatic heterocycles. The van der Waals surface area contributed by atoms with Crippen LogP contribution in [0.5, 0.6) is 5.75 Å². The molecule has 0 unspecified atom stereocenters. The van der Waals surface area contributed by atoms with Gasteiger partial charge >= 0.3 is 0 Å². The lowest BCUT2D eigenvalue weighted by Gasteiger charge is -2.07. The normalized spacial score (nSPS) is 10.4. The predicted octanol–water partition coefficient (Wildman–Crippen LogP) is 2.93. The molecule has 0 aliphatic rings. The molecule has 1 amide bonds. The molecule has 0 radical (unpaired) electrons. The van der Waals surface area contributed by atoms with Gasteiger partial charge in [-0.2, -0.15) is 10.2 Å². The first-order chi connectivity index (χ1) is 13.5. The van der Waals surface area contributed by atoms with Gasteiger partial charge in [-0.25, -0.2) is 9.07 Å². The smallest absolute Gasteiger partial charge is 0.242 e. The maximum absolute atomic E-state index is 13.6. The fourth-order valence-corrected chi connectivity index (χ4v) is 2.59. The van der Waals surface area contributed by atoms with Crippen molar-refractivity contribution in [2.45, 2.75) is 13.1 Å². The molecule has 0 spiro atoms. The number of amides is 1. The third kappa shape index (κ3) is 4.45. The molecule has 9 heteroatoms. The molecule has 0 saturated heterocycles. The number of methoxy groups -OCH3 is 1. The van der Waals surface area contributed by atoms with E-state index in [1.54, 1.807) is 13.2 Å². The van der Waals surface area contributed by atoms with E-state index < -0.39 is 5.82 Å². The van der Waals surface area contributed by atoms with Crippen LogP contribution >= 0.6 is 11.6 Å². The van der Waals surface area contributed by atoms with Crippen LogP contribution in [0.3, 0.4) is 0 Å². The van der Waals surface area contributed by atoms with E-state index in [1.165, 1.54) is 22.9 Å². The molecule has 1 aromatic heterocycles. The number of ether oxygens (including phenoxy) is 1. The number of halogens is 2. The van der Waals surface area contributed by atoms with Crippen molar-refractivity contribution in [3.8, 4) is 23.2 Å². The van der Waals surface area contributed by atoms with Gasteiger partial charge in [-0.3, -0.25) is 4.79 Å². The van der Waals surface area contributed by atoms with E-state index in [4.69, 9.17) is 16.3 Å². The van der Waals surface area contributed by atoms with Crippen molar-refractivity contribution in [2.24, 2.45) is 0 Å². The van der Waals surface area contributed by atoms with Crippen LogP contribution in [0.15, 0.2) is 42.5 Å². The Balaban J connectivity index is 1.71. The van der Waals surface area contributed by atoms with Crippen molar-refractivity contribution in [3.05, 3.63) is 64.7 Å². The van der Waals surface area contributed by atoms with Gasteiger partial charge in [-0.05, 0) is 35.9 Å². The summed E-state index contributed by atoms with van der Waals surface area (Å²) in [6, 6.07) is 13.3. The van der Waals surface area contributed by atoms with Crippen LogP contribution in [-0.2, 0) is 17.9 Å². The van der Waals surface area contributed by atoms with E-state index in [-0.39, 0.29) is 29.1 Å². The third-order valence-electron chi connectivity index (χ3n) is 3.87. The van der Waals surface area contributed by atoms with Gasteiger partial charge in [-0.15, -0.1) is 5.10 Å². The predicted molar refractivity (Wildman–Crippen MR) is 100.0 cm³/mol. The van der Waals surface area contributed by atoms with E-state index in [2.05, 4.69) is 15.4 Å². The van der Waals surface area contributed by atoms with Crippen molar-refractivity contribution in [3.63, 3.8) is 0 Å². The maximum Gasteiger partial charge on any atom is 0.242 e. The number of hydrogen-bond donors (Lipinski definition) is 1. The van der Waals surface area contributed by atoms with Crippen molar-refractivity contribution in [1.82, 2.24) is 20.1 Å². The van der Waals surface area contributed by atoms with E-state index in [0.29, 0.717) is 17.9 Å². The topological polar surface area (TPSA) is 92.8 Å². The SMILES string of the molecule is COc1cccc(CNC(=O)Cn2nc(-c3ccc(Cl)c(F)c3)nc2C#N)c1. The minimum atomic E-state index is -0.620. The summed E-state index contributed by atoms with van der Waals surface area (Å²) in [7, 11) is 1.57. The second kappa shape index (κ2) is 8.50. The van der Waals surface area contributed by atoms with Gasteiger partial charge in [0, 0.05) is 12.1 Å². The molecule has 0 bridgehead atoms. The van der Waals surface area contributed by atoms with Crippen molar-refractivity contribution in [1.29, 1.82) is 5.26 Å². The number of benzene rings is 2. The van der Waals surface area contributed by atoms with Crippen LogP contribution in [0, 0.1) is 17.1 Å². The summed E-state index contributed by atoms with van der Waals surface area (Å²) in [6.07, 6.45) is 0. The largest absolute Gasteiger partial charge is 0.497 e. The first-order valence-electron chi connectivity index (χ1n) is 8.20. The van der Waals surface area contributed by atoms with Crippen LogP contribution in [0.1, 0.15) is 11.4 Å². The highest BCUT2D eigenvalue weighted by Crippen LogP contribution is 2.22. The van der Waals surface area contributed by atoms with Gasteiger partial charge in [0.05, 0.1) is 12.1 Å². The number of carbonyl (C=O) groups is 1. The summed E-state index contributed by atoms with van der Waals surface area (Å²) in [5.41, 5.74) is 1.22. The van der Waals surface area contributed by atoms with Crippen LogP contribution in [0.25, 0.3) is 11.4 Å². The molecule has 2 aromatic carbocycles. The van der Waals surface area contributed by atoms with E-state index in [9.17, 15) is 14.4 Å². The summed E-state index contributed by atoms with van der Waals surface area (Å²) >= 11 is 5.67. The van der Waals surface area contributed by atoms with Gasteiger partial charge in [0.25, 0.3) is 0 Å². The molecule has 0 aliphatic carbocycles. The summed E-state index contributed by atoms with van der Waals surface area (Å²) in [4.78, 5) is 16.3. The summed E-state index contributed by atoms with van der Waals surface area (Å²) in [5.74, 6) is -0.202. The second-order valence-corrected chi connectivity index (χ2v) is 6.19. The highest BCUT2D eigenvalue weighted by molar-refractivity contribution is 6.30. The Morgan fingerprint density at radius 2 is 2.18 bits per heavy atom. The minimum Gasteiger partial charge on any atom is -0.497 e. The number of nitrogens with one attached hydrogen (secondary N) is 1. The van der Waals surface area contributed by atoms with E-state index >= 15 is 0 Å². The lowest BCUT2D eigenvalue weighted by atomic mass is 10.2. The molecule has 0 fully saturated rings. The molecule has 0 saturated carbocycles. The molecule has 0 atom stereocenters. The molecule has 7 nitrogen and oxygen atoms in total. The summed E-state index contributed by atoms with van der Waals surface area (Å²) < 4.78 is 20.0. The third-order valence-corrected chi connectivity index (χ3v) is 4.17. The van der Waals surface area contributed by atoms with Crippen molar-refractivity contribution in [2.75, 3.05) is 7.11 Å². The first kappa shape index (κ1) is 19.3. The van der Waals surface area contributed by atoms with Gasteiger partial charge in [0.15, 0.2) is 5.82 Å². The Morgan fingerprint density at radius 3 is 2.89 bits per heavy atom. The number of aromatic nitrogens is 3. The Morgan fingerprint density at radius 1 is 1.36 bits per heavy atom. The maximum atomic E-state index is 13.6. The fraction of sp³-hybridized carbons (Fsp3) is 0.158. The zero-order chi connectivity index (χ0) is 20.1. The standard InChI is InChI=1S/C19H15ClFN5O2/c1-28-14-4-2-3-12(7-14)10-23-18(27)11-26-17(9-22)24-19(25-26)13-5-6-15(20)16(21)8-13/h2-8H,10-11H2,1H3,(H,23,27). The Hall–Kier alpha value is -3.44. The molecule has 1 N–H and O–H groups in total. The van der Waals surface area contributed by atoms with Gasteiger partial charge in [0.2, 0.25) is 11.7 Å². The lowest BCUT2D eigenvalue weighted by molar-refractivity contribution is -0.122. The molecule has 1 heterocycles. The average Bonchev–Trinajstić information content (AvgIpc) is 3.11.